The lowest BCUT2D eigenvalue weighted by Gasteiger charge is -2.16. The minimum Gasteiger partial charge on any atom is -0.350 e. The molecule has 1 aliphatic heterocycles. The molecule has 1 saturated heterocycles. The molecule has 1 aromatic carbocycles. The molecule has 0 radical (unpaired) electrons. The average Bonchev–Trinajstić information content (AvgIpc) is 3.21. The zero-order valence-corrected chi connectivity index (χ0v) is 12.2. The first kappa shape index (κ1) is 14.3. The van der Waals surface area contributed by atoms with Gasteiger partial charge < -0.3 is 19.4 Å². The Morgan fingerprint density at radius 3 is 2.71 bits per heavy atom. The summed E-state index contributed by atoms with van der Waals surface area (Å²) >= 11 is 0. The maximum atomic E-state index is 5.43. The zero-order chi connectivity index (χ0) is 14.5. The number of hydrogen-bond acceptors (Lipinski definition) is 4. The summed E-state index contributed by atoms with van der Waals surface area (Å²) in [5, 5.41) is 3.50. The van der Waals surface area contributed by atoms with Crippen molar-refractivity contribution in [2.45, 2.75) is 25.7 Å². The van der Waals surface area contributed by atoms with Gasteiger partial charge in [-0.25, -0.2) is 4.98 Å². The van der Waals surface area contributed by atoms with Crippen LogP contribution in [0.15, 0.2) is 43.0 Å². The summed E-state index contributed by atoms with van der Waals surface area (Å²) in [6.45, 7) is 4.49. The molecular weight excluding hydrogens is 266 g/mol. The highest BCUT2D eigenvalue weighted by Gasteiger charge is 2.15. The SMILES string of the molecule is C[C@H](NCCC1OCCO1)c1ccc(-n2ccnc2)cc1. The van der Waals surface area contributed by atoms with Gasteiger partial charge in [-0.3, -0.25) is 0 Å². The van der Waals surface area contributed by atoms with Gasteiger partial charge in [-0.2, -0.15) is 0 Å². The summed E-state index contributed by atoms with van der Waals surface area (Å²) in [6.07, 6.45) is 6.38. The van der Waals surface area contributed by atoms with Gasteiger partial charge in [0.1, 0.15) is 0 Å². The van der Waals surface area contributed by atoms with Crippen molar-refractivity contribution in [1.82, 2.24) is 14.9 Å². The van der Waals surface area contributed by atoms with E-state index in [1.165, 1.54) is 5.56 Å². The van der Waals surface area contributed by atoms with E-state index in [1.807, 2.05) is 10.8 Å². The Morgan fingerprint density at radius 2 is 2.05 bits per heavy atom. The quantitative estimate of drug-likeness (QED) is 0.885. The fourth-order valence-corrected chi connectivity index (χ4v) is 2.46. The molecule has 0 aliphatic carbocycles. The normalized spacial score (nSPS) is 17.2. The molecule has 1 aliphatic rings. The topological polar surface area (TPSA) is 48.3 Å². The number of hydrogen-bond donors (Lipinski definition) is 1. The number of aromatic nitrogens is 2. The first-order chi connectivity index (χ1) is 10.3. The summed E-state index contributed by atoms with van der Waals surface area (Å²) in [5.41, 5.74) is 2.39. The lowest BCUT2D eigenvalue weighted by molar-refractivity contribution is -0.0462. The molecule has 1 fully saturated rings. The van der Waals surface area contributed by atoms with Gasteiger partial charge in [-0.1, -0.05) is 12.1 Å². The van der Waals surface area contributed by atoms with Crippen molar-refractivity contribution >= 4 is 0 Å². The molecule has 0 saturated carbocycles. The van der Waals surface area contributed by atoms with Crippen LogP contribution in [0.25, 0.3) is 5.69 Å². The summed E-state index contributed by atoms with van der Waals surface area (Å²) < 4.78 is 12.8. The standard InChI is InChI=1S/C16H21N3O2/c1-13(18-7-6-16-20-10-11-21-16)14-2-4-15(5-3-14)19-9-8-17-12-19/h2-5,8-9,12-13,16,18H,6-7,10-11H2,1H3/t13-/m0/s1. The van der Waals surface area contributed by atoms with E-state index in [1.54, 1.807) is 12.5 Å². The smallest absolute Gasteiger partial charge is 0.159 e. The minimum absolute atomic E-state index is 0.0340. The highest BCUT2D eigenvalue weighted by molar-refractivity contribution is 5.35. The Bertz CT molecular complexity index is 533. The van der Waals surface area contributed by atoms with Crippen molar-refractivity contribution in [1.29, 1.82) is 0 Å². The third-order valence-corrected chi connectivity index (χ3v) is 3.72. The van der Waals surface area contributed by atoms with Gasteiger partial charge in [0.2, 0.25) is 0 Å². The van der Waals surface area contributed by atoms with E-state index in [2.05, 4.69) is 41.5 Å². The van der Waals surface area contributed by atoms with Crippen molar-refractivity contribution < 1.29 is 9.47 Å². The molecule has 0 unspecified atom stereocenters. The maximum absolute atomic E-state index is 5.43. The molecule has 5 nitrogen and oxygen atoms in total. The van der Waals surface area contributed by atoms with Crippen LogP contribution in [0.1, 0.15) is 24.9 Å². The number of nitrogens with one attached hydrogen (secondary N) is 1. The first-order valence-electron chi connectivity index (χ1n) is 7.38. The number of rotatable bonds is 6. The van der Waals surface area contributed by atoms with Gasteiger partial charge in [0.05, 0.1) is 19.5 Å². The Balaban J connectivity index is 1.51. The molecular formula is C16H21N3O2. The summed E-state index contributed by atoms with van der Waals surface area (Å²) in [4.78, 5) is 4.06. The molecule has 0 amide bonds. The predicted octanol–water partition coefficient (Wildman–Crippen LogP) is 2.29. The fraction of sp³-hybridized carbons (Fsp3) is 0.438. The molecule has 2 aromatic rings. The van der Waals surface area contributed by atoms with Gasteiger partial charge in [0, 0.05) is 37.1 Å². The van der Waals surface area contributed by atoms with Gasteiger partial charge in [-0.15, -0.1) is 0 Å². The molecule has 1 aromatic heterocycles. The van der Waals surface area contributed by atoms with Crippen molar-refractivity contribution in [2.24, 2.45) is 0 Å². The Morgan fingerprint density at radius 1 is 1.29 bits per heavy atom. The molecule has 3 rings (SSSR count). The second kappa shape index (κ2) is 6.85. The van der Waals surface area contributed by atoms with Crippen LogP contribution in [0.2, 0.25) is 0 Å². The second-order valence-electron chi connectivity index (χ2n) is 5.20. The van der Waals surface area contributed by atoms with Crippen molar-refractivity contribution in [3.63, 3.8) is 0 Å². The van der Waals surface area contributed by atoms with Crippen LogP contribution in [0, 0.1) is 0 Å². The molecule has 21 heavy (non-hydrogen) atoms. The average molecular weight is 287 g/mol. The fourth-order valence-electron chi connectivity index (χ4n) is 2.46. The van der Waals surface area contributed by atoms with Crippen LogP contribution >= 0.6 is 0 Å². The summed E-state index contributed by atoms with van der Waals surface area (Å²) in [5.74, 6) is 0. The predicted molar refractivity (Wildman–Crippen MR) is 80.3 cm³/mol. The van der Waals surface area contributed by atoms with E-state index in [4.69, 9.17) is 9.47 Å². The monoisotopic (exact) mass is 287 g/mol. The highest BCUT2D eigenvalue weighted by Crippen LogP contribution is 2.16. The molecule has 1 atom stereocenters. The van der Waals surface area contributed by atoms with Crippen LogP contribution in [0.5, 0.6) is 0 Å². The van der Waals surface area contributed by atoms with Gasteiger partial charge >= 0.3 is 0 Å². The maximum Gasteiger partial charge on any atom is 0.159 e. The molecule has 112 valence electrons. The molecule has 0 bridgehead atoms. The Labute approximate surface area is 124 Å². The molecule has 5 heteroatoms. The van der Waals surface area contributed by atoms with E-state index >= 15 is 0 Å². The lowest BCUT2D eigenvalue weighted by Crippen LogP contribution is -2.24. The summed E-state index contributed by atoms with van der Waals surface area (Å²) in [6, 6.07) is 8.82. The van der Waals surface area contributed by atoms with Gasteiger partial charge in [0.15, 0.2) is 6.29 Å². The number of nitrogens with zero attached hydrogens (tertiary/aromatic N) is 2. The van der Waals surface area contributed by atoms with Gasteiger partial charge in [0.25, 0.3) is 0 Å². The second-order valence-corrected chi connectivity index (χ2v) is 5.20. The lowest BCUT2D eigenvalue weighted by atomic mass is 10.1. The third kappa shape index (κ3) is 3.69. The number of benzene rings is 1. The molecule has 1 N–H and O–H groups in total. The van der Waals surface area contributed by atoms with E-state index < -0.39 is 0 Å². The van der Waals surface area contributed by atoms with Crippen LogP contribution in [-0.2, 0) is 9.47 Å². The van der Waals surface area contributed by atoms with Crippen LogP contribution < -0.4 is 5.32 Å². The van der Waals surface area contributed by atoms with E-state index in [0.29, 0.717) is 6.04 Å². The highest BCUT2D eigenvalue weighted by atomic mass is 16.7. The van der Waals surface area contributed by atoms with Crippen molar-refractivity contribution in [3.8, 4) is 5.69 Å². The molecule has 0 spiro atoms. The van der Waals surface area contributed by atoms with Gasteiger partial charge in [-0.05, 0) is 24.6 Å². The first-order valence-corrected chi connectivity index (χ1v) is 7.38. The largest absolute Gasteiger partial charge is 0.350 e. The third-order valence-electron chi connectivity index (χ3n) is 3.72. The van der Waals surface area contributed by atoms with Crippen LogP contribution in [0.3, 0.4) is 0 Å². The Hall–Kier alpha value is -1.69. The van der Waals surface area contributed by atoms with E-state index in [9.17, 15) is 0 Å². The van der Waals surface area contributed by atoms with Crippen LogP contribution in [-0.4, -0.2) is 35.6 Å². The van der Waals surface area contributed by atoms with Crippen molar-refractivity contribution in [3.05, 3.63) is 48.5 Å². The Kier molecular flexibility index (Phi) is 4.65. The van der Waals surface area contributed by atoms with E-state index in [-0.39, 0.29) is 6.29 Å². The number of imidazole rings is 1. The summed E-state index contributed by atoms with van der Waals surface area (Å²) in [7, 11) is 0. The zero-order valence-electron chi connectivity index (χ0n) is 12.2. The van der Waals surface area contributed by atoms with Crippen LogP contribution in [0.4, 0.5) is 0 Å². The number of ether oxygens (including phenoxy) is 2. The molecule has 2 heterocycles. The minimum atomic E-state index is -0.0340. The van der Waals surface area contributed by atoms with Crippen molar-refractivity contribution in [2.75, 3.05) is 19.8 Å². The van der Waals surface area contributed by atoms with E-state index in [0.717, 1.165) is 31.9 Å².